The minimum atomic E-state index is -0.703. The van der Waals surface area contributed by atoms with E-state index >= 15 is 0 Å². The minimum absolute atomic E-state index is 0.181. The largest absolute Gasteiger partial charge is 0.347 e. The van der Waals surface area contributed by atoms with Crippen LogP contribution in [0.25, 0.3) is 0 Å². The molecule has 2 rings (SSSR count). The molecule has 0 aliphatic rings. The van der Waals surface area contributed by atoms with Gasteiger partial charge in [0.15, 0.2) is 5.82 Å². The third-order valence-corrected chi connectivity index (χ3v) is 3.67. The maximum absolute atomic E-state index is 11.9. The minimum Gasteiger partial charge on any atom is -0.347 e. The SMILES string of the molecule is CC(C)c1ccc(NC(=O)C(=O)NCCc2nc(C(C)C)no2)cc1. The summed E-state index contributed by atoms with van der Waals surface area (Å²) in [4.78, 5) is 27.9. The third kappa shape index (κ3) is 5.41. The molecule has 2 amide bonds. The Balaban J connectivity index is 1.78. The average molecular weight is 344 g/mol. The highest BCUT2D eigenvalue weighted by molar-refractivity contribution is 6.39. The molecule has 7 nitrogen and oxygen atoms in total. The first-order valence-electron chi connectivity index (χ1n) is 8.38. The molecule has 2 aromatic rings. The second-order valence-corrected chi connectivity index (χ2v) is 6.44. The second kappa shape index (κ2) is 8.41. The Morgan fingerprint density at radius 3 is 2.28 bits per heavy atom. The molecule has 0 spiro atoms. The van der Waals surface area contributed by atoms with Gasteiger partial charge in [0.05, 0.1) is 0 Å². The molecule has 0 aliphatic carbocycles. The number of benzene rings is 1. The van der Waals surface area contributed by atoms with Crippen molar-refractivity contribution in [3.05, 3.63) is 41.5 Å². The van der Waals surface area contributed by atoms with Crippen LogP contribution in [-0.4, -0.2) is 28.5 Å². The normalized spacial score (nSPS) is 11.0. The fourth-order valence-electron chi connectivity index (χ4n) is 2.11. The second-order valence-electron chi connectivity index (χ2n) is 6.44. The van der Waals surface area contributed by atoms with E-state index in [-0.39, 0.29) is 12.5 Å². The fourth-order valence-corrected chi connectivity index (χ4v) is 2.11. The Bertz CT molecular complexity index is 720. The van der Waals surface area contributed by atoms with E-state index in [1.165, 1.54) is 5.56 Å². The van der Waals surface area contributed by atoms with Crippen molar-refractivity contribution in [3.63, 3.8) is 0 Å². The van der Waals surface area contributed by atoms with Crippen LogP contribution in [0.1, 0.15) is 56.8 Å². The summed E-state index contributed by atoms with van der Waals surface area (Å²) >= 11 is 0. The highest BCUT2D eigenvalue weighted by Crippen LogP contribution is 2.17. The van der Waals surface area contributed by atoms with Crippen molar-refractivity contribution in [2.75, 3.05) is 11.9 Å². The number of nitrogens with one attached hydrogen (secondary N) is 2. The van der Waals surface area contributed by atoms with Gasteiger partial charge in [-0.3, -0.25) is 9.59 Å². The smallest absolute Gasteiger partial charge is 0.313 e. The maximum Gasteiger partial charge on any atom is 0.313 e. The van der Waals surface area contributed by atoms with Crippen molar-refractivity contribution in [1.29, 1.82) is 0 Å². The Labute approximate surface area is 147 Å². The fraction of sp³-hybridized carbons (Fsp3) is 0.444. The molecule has 0 unspecified atom stereocenters. The van der Waals surface area contributed by atoms with Crippen molar-refractivity contribution in [2.24, 2.45) is 0 Å². The molecule has 0 atom stereocenters. The van der Waals surface area contributed by atoms with E-state index in [1.807, 2.05) is 26.0 Å². The van der Waals surface area contributed by atoms with Crippen LogP contribution < -0.4 is 10.6 Å². The molecule has 0 saturated carbocycles. The quantitative estimate of drug-likeness (QED) is 0.785. The molecule has 1 heterocycles. The van der Waals surface area contributed by atoms with Gasteiger partial charge in [-0.1, -0.05) is 45.0 Å². The first-order chi connectivity index (χ1) is 11.9. The van der Waals surface area contributed by atoms with Gasteiger partial charge in [0.1, 0.15) is 0 Å². The number of aromatic nitrogens is 2. The van der Waals surface area contributed by atoms with Gasteiger partial charge < -0.3 is 15.2 Å². The number of nitrogens with zero attached hydrogens (tertiary/aromatic N) is 2. The molecule has 25 heavy (non-hydrogen) atoms. The van der Waals surface area contributed by atoms with Crippen LogP contribution in [0.2, 0.25) is 0 Å². The summed E-state index contributed by atoms with van der Waals surface area (Å²) in [6, 6.07) is 7.43. The van der Waals surface area contributed by atoms with E-state index in [2.05, 4.69) is 34.6 Å². The molecular formula is C18H24N4O3. The van der Waals surface area contributed by atoms with Gasteiger partial charge in [0.2, 0.25) is 5.89 Å². The van der Waals surface area contributed by atoms with Gasteiger partial charge in [-0.25, -0.2) is 0 Å². The summed E-state index contributed by atoms with van der Waals surface area (Å²) in [6.07, 6.45) is 0.377. The molecular weight excluding hydrogens is 320 g/mol. The number of amides is 2. The lowest BCUT2D eigenvalue weighted by molar-refractivity contribution is -0.136. The lowest BCUT2D eigenvalue weighted by Gasteiger charge is -2.08. The van der Waals surface area contributed by atoms with Crippen LogP contribution in [0.15, 0.2) is 28.8 Å². The summed E-state index contributed by atoms with van der Waals surface area (Å²) in [6.45, 7) is 8.37. The predicted octanol–water partition coefficient (Wildman–Crippen LogP) is 2.61. The van der Waals surface area contributed by atoms with Crippen molar-refractivity contribution < 1.29 is 14.1 Å². The Morgan fingerprint density at radius 2 is 1.72 bits per heavy atom. The van der Waals surface area contributed by atoms with Gasteiger partial charge in [-0.15, -0.1) is 0 Å². The molecule has 0 radical (unpaired) electrons. The molecule has 0 fully saturated rings. The molecule has 2 N–H and O–H groups in total. The van der Waals surface area contributed by atoms with Gasteiger partial charge >= 0.3 is 11.8 Å². The molecule has 1 aromatic carbocycles. The zero-order valence-electron chi connectivity index (χ0n) is 15.0. The number of anilines is 1. The van der Waals surface area contributed by atoms with Gasteiger partial charge in [0.25, 0.3) is 0 Å². The van der Waals surface area contributed by atoms with E-state index in [0.29, 0.717) is 29.7 Å². The molecule has 0 aliphatic heterocycles. The van der Waals surface area contributed by atoms with Crippen LogP contribution in [0.3, 0.4) is 0 Å². The molecule has 0 saturated heterocycles. The zero-order chi connectivity index (χ0) is 18.4. The van der Waals surface area contributed by atoms with Crippen LogP contribution in [0.4, 0.5) is 5.69 Å². The van der Waals surface area contributed by atoms with Crippen LogP contribution in [-0.2, 0) is 16.0 Å². The van der Waals surface area contributed by atoms with Crippen molar-refractivity contribution >= 4 is 17.5 Å². The summed E-state index contributed by atoms with van der Waals surface area (Å²) < 4.78 is 5.08. The topological polar surface area (TPSA) is 97.1 Å². The lowest BCUT2D eigenvalue weighted by Crippen LogP contribution is -2.36. The van der Waals surface area contributed by atoms with E-state index in [4.69, 9.17) is 4.52 Å². The Kier molecular flexibility index (Phi) is 6.27. The van der Waals surface area contributed by atoms with Gasteiger partial charge in [0, 0.05) is 24.6 Å². The summed E-state index contributed by atoms with van der Waals surface area (Å²) in [5.41, 5.74) is 1.76. The predicted molar refractivity (Wildman–Crippen MR) is 94.3 cm³/mol. The van der Waals surface area contributed by atoms with Crippen LogP contribution >= 0.6 is 0 Å². The number of hydrogen-bond donors (Lipinski definition) is 2. The standard InChI is InChI=1S/C18H24N4O3/c1-11(2)13-5-7-14(8-6-13)20-18(24)17(23)19-10-9-15-21-16(12(3)4)22-25-15/h5-8,11-12H,9-10H2,1-4H3,(H,19,23)(H,20,24). The van der Waals surface area contributed by atoms with Crippen molar-refractivity contribution in [2.45, 2.75) is 46.0 Å². The average Bonchev–Trinajstić information content (AvgIpc) is 3.04. The van der Waals surface area contributed by atoms with E-state index in [9.17, 15) is 9.59 Å². The van der Waals surface area contributed by atoms with Crippen LogP contribution in [0, 0.1) is 0 Å². The zero-order valence-corrected chi connectivity index (χ0v) is 15.0. The summed E-state index contributed by atoms with van der Waals surface area (Å²) in [5.74, 6) is 0.258. The molecule has 0 bridgehead atoms. The summed E-state index contributed by atoms with van der Waals surface area (Å²) in [7, 11) is 0. The molecule has 7 heteroatoms. The number of carbonyl (C=O) groups is 2. The Morgan fingerprint density at radius 1 is 1.04 bits per heavy atom. The molecule has 134 valence electrons. The number of hydrogen-bond acceptors (Lipinski definition) is 5. The number of rotatable bonds is 6. The van der Waals surface area contributed by atoms with E-state index in [1.54, 1.807) is 12.1 Å². The highest BCUT2D eigenvalue weighted by atomic mass is 16.5. The van der Waals surface area contributed by atoms with Gasteiger partial charge in [-0.05, 0) is 23.6 Å². The van der Waals surface area contributed by atoms with E-state index < -0.39 is 11.8 Å². The van der Waals surface area contributed by atoms with Crippen molar-refractivity contribution in [3.8, 4) is 0 Å². The summed E-state index contributed by atoms with van der Waals surface area (Å²) in [5, 5.41) is 8.96. The molecule has 1 aromatic heterocycles. The third-order valence-electron chi connectivity index (χ3n) is 3.67. The monoisotopic (exact) mass is 344 g/mol. The van der Waals surface area contributed by atoms with E-state index in [0.717, 1.165) is 0 Å². The lowest BCUT2D eigenvalue weighted by atomic mass is 10.0. The maximum atomic E-state index is 11.9. The first-order valence-corrected chi connectivity index (χ1v) is 8.38. The number of carbonyl (C=O) groups excluding carboxylic acids is 2. The first kappa shape index (κ1) is 18.6. The van der Waals surface area contributed by atoms with Gasteiger partial charge in [-0.2, -0.15) is 4.98 Å². The highest BCUT2D eigenvalue weighted by Gasteiger charge is 2.14. The van der Waals surface area contributed by atoms with Crippen molar-refractivity contribution in [1.82, 2.24) is 15.5 Å². The Hall–Kier alpha value is -2.70. The van der Waals surface area contributed by atoms with Crippen LogP contribution in [0.5, 0.6) is 0 Å².